The predicted molar refractivity (Wildman–Crippen MR) is 113 cm³/mol. The van der Waals surface area contributed by atoms with E-state index in [4.69, 9.17) is 16.6 Å². The zero-order valence-electron chi connectivity index (χ0n) is 15.7. The van der Waals surface area contributed by atoms with Gasteiger partial charge in [-0.2, -0.15) is 4.98 Å². The first-order valence-electron chi connectivity index (χ1n) is 9.20. The first-order valence-corrected chi connectivity index (χ1v) is 9.58. The van der Waals surface area contributed by atoms with E-state index in [1.165, 1.54) is 0 Å². The fraction of sp³-hybridized carbons (Fsp3) is 0.190. The van der Waals surface area contributed by atoms with Crippen LogP contribution in [0.25, 0.3) is 22.5 Å². The third-order valence-electron chi connectivity index (χ3n) is 4.72. The quantitative estimate of drug-likeness (QED) is 0.513. The maximum absolute atomic E-state index is 13.4. The van der Waals surface area contributed by atoms with Crippen molar-refractivity contribution in [1.29, 1.82) is 0 Å². The Morgan fingerprint density at radius 2 is 1.64 bits per heavy atom. The predicted octanol–water partition coefficient (Wildman–Crippen LogP) is 4.07. The van der Waals surface area contributed by atoms with Crippen molar-refractivity contribution in [3.8, 4) is 11.4 Å². The highest BCUT2D eigenvalue weighted by atomic mass is 35.5. The fourth-order valence-electron chi connectivity index (χ4n) is 3.26. The van der Waals surface area contributed by atoms with E-state index in [0.717, 1.165) is 18.8 Å². The van der Waals surface area contributed by atoms with Crippen molar-refractivity contribution in [1.82, 2.24) is 19.1 Å². The van der Waals surface area contributed by atoms with E-state index in [9.17, 15) is 4.79 Å². The van der Waals surface area contributed by atoms with Gasteiger partial charge in [0.1, 0.15) is 6.33 Å². The Morgan fingerprint density at radius 1 is 0.964 bits per heavy atom. The minimum absolute atomic E-state index is 0.205. The number of fused-ring (bicyclic) bond motifs is 1. The number of halogens is 1. The summed E-state index contributed by atoms with van der Waals surface area (Å²) >= 11 is 6.03. The van der Waals surface area contributed by atoms with Crippen molar-refractivity contribution in [2.24, 2.45) is 0 Å². The molecule has 0 saturated carbocycles. The van der Waals surface area contributed by atoms with Crippen LogP contribution in [0.5, 0.6) is 0 Å². The molecule has 0 atom stereocenters. The van der Waals surface area contributed by atoms with Gasteiger partial charge < -0.3 is 4.90 Å². The molecule has 2 aromatic heterocycles. The summed E-state index contributed by atoms with van der Waals surface area (Å²) in [6, 6.07) is 16.9. The number of benzene rings is 2. The molecule has 0 spiro atoms. The van der Waals surface area contributed by atoms with Crippen molar-refractivity contribution in [2.75, 3.05) is 18.0 Å². The zero-order chi connectivity index (χ0) is 19.7. The van der Waals surface area contributed by atoms with Crippen LogP contribution < -0.4 is 10.5 Å². The minimum atomic E-state index is -0.205. The summed E-state index contributed by atoms with van der Waals surface area (Å²) in [5.74, 6) is 0.586. The molecule has 142 valence electrons. The highest BCUT2D eigenvalue weighted by molar-refractivity contribution is 6.30. The van der Waals surface area contributed by atoms with E-state index in [0.29, 0.717) is 27.8 Å². The van der Waals surface area contributed by atoms with Gasteiger partial charge in [-0.15, -0.1) is 0 Å². The number of anilines is 1. The minimum Gasteiger partial charge on any atom is -0.342 e. The fourth-order valence-corrected chi connectivity index (χ4v) is 3.39. The van der Waals surface area contributed by atoms with Crippen LogP contribution >= 0.6 is 11.6 Å². The van der Waals surface area contributed by atoms with Crippen molar-refractivity contribution in [3.05, 3.63) is 76.3 Å². The van der Waals surface area contributed by atoms with Gasteiger partial charge in [-0.3, -0.25) is 9.36 Å². The first kappa shape index (κ1) is 18.3. The molecule has 2 aromatic carbocycles. The summed E-state index contributed by atoms with van der Waals surface area (Å²) in [5.41, 5.74) is 2.29. The number of nitrogens with zero attached hydrogens (tertiary/aromatic N) is 5. The lowest BCUT2D eigenvalue weighted by Crippen LogP contribution is -2.32. The second-order valence-electron chi connectivity index (χ2n) is 6.32. The summed E-state index contributed by atoms with van der Waals surface area (Å²) in [6.07, 6.45) is 1.65. The van der Waals surface area contributed by atoms with E-state index in [1.807, 2.05) is 60.9 Å². The Kier molecular flexibility index (Phi) is 4.88. The highest BCUT2D eigenvalue weighted by Crippen LogP contribution is 2.22. The molecule has 7 heteroatoms. The molecule has 0 unspecified atom stereocenters. The standard InChI is InChI=1S/C21H20ClN5O/c1-3-25(4-2)21-24-19-18(23-14-26(19)16-8-6-5-7-9-16)20(28)27(21)17-12-10-15(22)11-13-17/h5-14H,3-4H2,1-2H3. The van der Waals surface area contributed by atoms with Gasteiger partial charge in [0.25, 0.3) is 5.56 Å². The Labute approximate surface area is 167 Å². The van der Waals surface area contributed by atoms with Gasteiger partial charge in [-0.25, -0.2) is 9.55 Å². The van der Waals surface area contributed by atoms with Crippen LogP contribution in [0.3, 0.4) is 0 Å². The molecule has 4 aromatic rings. The second-order valence-corrected chi connectivity index (χ2v) is 6.76. The molecule has 0 saturated heterocycles. The number of imidazole rings is 1. The van der Waals surface area contributed by atoms with Crippen LogP contribution in [0, 0.1) is 0 Å². The number of hydrogen-bond donors (Lipinski definition) is 0. The molecule has 6 nitrogen and oxygen atoms in total. The first-order chi connectivity index (χ1) is 13.6. The number of aromatic nitrogens is 4. The monoisotopic (exact) mass is 393 g/mol. The van der Waals surface area contributed by atoms with Crippen molar-refractivity contribution >= 4 is 28.7 Å². The SMILES string of the molecule is CCN(CC)c1nc2c(ncn2-c2ccccc2)c(=O)n1-c1ccc(Cl)cc1. The van der Waals surface area contributed by atoms with Crippen LogP contribution in [-0.4, -0.2) is 32.2 Å². The van der Waals surface area contributed by atoms with Crippen LogP contribution in [0.2, 0.25) is 5.02 Å². The van der Waals surface area contributed by atoms with E-state index in [-0.39, 0.29) is 5.56 Å². The second kappa shape index (κ2) is 7.48. The number of hydrogen-bond acceptors (Lipinski definition) is 4. The van der Waals surface area contributed by atoms with E-state index in [1.54, 1.807) is 23.0 Å². The van der Waals surface area contributed by atoms with Crippen LogP contribution in [0.15, 0.2) is 65.7 Å². The van der Waals surface area contributed by atoms with Crippen LogP contribution in [0.4, 0.5) is 5.95 Å². The smallest absolute Gasteiger partial charge is 0.287 e. The third kappa shape index (κ3) is 3.05. The average molecular weight is 394 g/mol. The Morgan fingerprint density at radius 3 is 2.29 bits per heavy atom. The summed E-state index contributed by atoms with van der Waals surface area (Å²) in [6.45, 7) is 5.53. The molecule has 0 N–H and O–H groups in total. The summed E-state index contributed by atoms with van der Waals surface area (Å²) < 4.78 is 3.45. The van der Waals surface area contributed by atoms with Crippen LogP contribution in [-0.2, 0) is 0 Å². The molecule has 28 heavy (non-hydrogen) atoms. The molecule has 2 heterocycles. The maximum Gasteiger partial charge on any atom is 0.287 e. The van der Waals surface area contributed by atoms with Gasteiger partial charge in [0.15, 0.2) is 11.2 Å². The van der Waals surface area contributed by atoms with Crippen molar-refractivity contribution in [3.63, 3.8) is 0 Å². The van der Waals surface area contributed by atoms with Gasteiger partial charge in [-0.1, -0.05) is 29.8 Å². The van der Waals surface area contributed by atoms with Gasteiger partial charge in [0.05, 0.1) is 5.69 Å². The average Bonchev–Trinajstić information content (AvgIpc) is 3.15. The van der Waals surface area contributed by atoms with Gasteiger partial charge in [0.2, 0.25) is 5.95 Å². The molecule has 0 aliphatic rings. The molecule has 0 aliphatic carbocycles. The van der Waals surface area contributed by atoms with Gasteiger partial charge >= 0.3 is 0 Å². The number of para-hydroxylation sites is 1. The maximum atomic E-state index is 13.4. The lowest BCUT2D eigenvalue weighted by Gasteiger charge is -2.23. The molecular formula is C21H20ClN5O. The largest absolute Gasteiger partial charge is 0.342 e. The molecule has 0 bridgehead atoms. The lowest BCUT2D eigenvalue weighted by molar-refractivity contribution is 0.784. The Bertz CT molecular complexity index is 1160. The molecule has 0 aliphatic heterocycles. The molecule has 4 rings (SSSR count). The van der Waals surface area contributed by atoms with Gasteiger partial charge in [0, 0.05) is 23.8 Å². The van der Waals surface area contributed by atoms with Crippen LogP contribution in [0.1, 0.15) is 13.8 Å². The summed E-state index contributed by atoms with van der Waals surface area (Å²) in [7, 11) is 0. The summed E-state index contributed by atoms with van der Waals surface area (Å²) in [5, 5.41) is 0.614. The summed E-state index contributed by atoms with van der Waals surface area (Å²) in [4.78, 5) is 24.7. The number of rotatable bonds is 5. The van der Waals surface area contributed by atoms with Gasteiger partial charge in [-0.05, 0) is 50.2 Å². The third-order valence-corrected chi connectivity index (χ3v) is 4.97. The van der Waals surface area contributed by atoms with Crippen molar-refractivity contribution in [2.45, 2.75) is 13.8 Å². The lowest BCUT2D eigenvalue weighted by atomic mass is 10.3. The van der Waals surface area contributed by atoms with E-state index >= 15 is 0 Å². The zero-order valence-corrected chi connectivity index (χ0v) is 16.5. The molecule has 0 radical (unpaired) electrons. The topological polar surface area (TPSA) is 56.0 Å². The highest BCUT2D eigenvalue weighted by Gasteiger charge is 2.20. The molecule has 0 amide bonds. The Hall–Kier alpha value is -3.12. The molecule has 0 fully saturated rings. The molecular weight excluding hydrogens is 374 g/mol. The van der Waals surface area contributed by atoms with E-state index < -0.39 is 0 Å². The normalized spacial score (nSPS) is 11.1. The van der Waals surface area contributed by atoms with Crippen molar-refractivity contribution < 1.29 is 0 Å². The van der Waals surface area contributed by atoms with E-state index in [2.05, 4.69) is 9.88 Å². The Balaban J connectivity index is 2.04.